The lowest BCUT2D eigenvalue weighted by molar-refractivity contribution is -0.138. The van der Waals surface area contributed by atoms with Crippen LogP contribution in [0, 0.1) is 0 Å². The molecule has 1 aliphatic heterocycles. The summed E-state index contributed by atoms with van der Waals surface area (Å²) in [4.78, 5) is 0. The lowest BCUT2D eigenvalue weighted by Crippen LogP contribution is -2.41. The van der Waals surface area contributed by atoms with Gasteiger partial charge in [-0.2, -0.15) is 13.2 Å². The van der Waals surface area contributed by atoms with Crippen LogP contribution in [0.15, 0.2) is 23.7 Å². The van der Waals surface area contributed by atoms with Gasteiger partial charge in [0.05, 0.1) is 30.5 Å². The van der Waals surface area contributed by atoms with Gasteiger partial charge < -0.3 is 19.2 Å². The lowest BCUT2D eigenvalue weighted by Gasteiger charge is -2.32. The van der Waals surface area contributed by atoms with Gasteiger partial charge in [0.1, 0.15) is 5.75 Å². The summed E-state index contributed by atoms with van der Waals surface area (Å²) in [5.74, 6) is -0.258. The molecule has 0 bridgehead atoms. The Balaban J connectivity index is 2.38. The summed E-state index contributed by atoms with van der Waals surface area (Å²) < 4.78 is 55.9. The van der Waals surface area contributed by atoms with Crippen LogP contribution in [0.4, 0.5) is 13.2 Å². The average Bonchev–Trinajstić information content (AvgIpc) is 2.71. The number of benzene rings is 1. The van der Waals surface area contributed by atoms with Crippen LogP contribution in [-0.2, 0) is 15.5 Å². The van der Waals surface area contributed by atoms with Crippen molar-refractivity contribution in [2.45, 2.75) is 45.1 Å². The summed E-state index contributed by atoms with van der Waals surface area (Å²) in [7, 11) is 0.357. The summed E-state index contributed by atoms with van der Waals surface area (Å²) in [5.41, 5.74) is -1.48. The average molecular weight is 358 g/mol. The lowest BCUT2D eigenvalue weighted by atomic mass is 9.77. The largest absolute Gasteiger partial charge is 0.496 e. The molecule has 1 saturated heterocycles. The Morgan fingerprint density at radius 3 is 2.20 bits per heavy atom. The van der Waals surface area contributed by atoms with Gasteiger partial charge in [-0.3, -0.25) is 0 Å². The predicted molar refractivity (Wildman–Crippen MR) is 89.1 cm³/mol. The molecule has 0 aromatic heterocycles. The Labute approximate surface area is 145 Å². The number of hydrogen-bond acceptors (Lipinski definition) is 4. The van der Waals surface area contributed by atoms with E-state index in [1.165, 1.54) is 25.3 Å². The molecule has 1 fully saturated rings. The smallest absolute Gasteiger partial charge is 0.492 e. The third kappa shape index (κ3) is 4.02. The number of hydrogen-bond donors (Lipinski definition) is 1. The molecule has 8 heteroatoms. The van der Waals surface area contributed by atoms with Crippen LogP contribution in [0.1, 0.15) is 38.8 Å². The molecule has 25 heavy (non-hydrogen) atoms. The number of aliphatic hydroxyl groups is 1. The fraction of sp³-hybridized carbons (Fsp3) is 0.529. The number of rotatable bonds is 4. The maximum Gasteiger partial charge on any atom is 0.492 e. The van der Waals surface area contributed by atoms with E-state index < -0.39 is 36.7 Å². The summed E-state index contributed by atoms with van der Waals surface area (Å²) >= 11 is 0. The van der Waals surface area contributed by atoms with Crippen LogP contribution in [0.2, 0.25) is 0 Å². The van der Waals surface area contributed by atoms with E-state index in [-0.39, 0.29) is 11.3 Å². The minimum Gasteiger partial charge on any atom is -0.496 e. The van der Waals surface area contributed by atoms with Gasteiger partial charge in [0.15, 0.2) is 0 Å². The molecule has 0 unspecified atom stereocenters. The van der Waals surface area contributed by atoms with E-state index in [9.17, 15) is 18.3 Å². The standard InChI is InChI=1S/C17H22BF3O4/c1-15(2)16(3,4)25-18(24-15)12(10-22)8-11-6-7-14(23-5)13(9-11)17(19,20)21/h6-9,22H,10H2,1-5H3. The van der Waals surface area contributed by atoms with Crippen LogP contribution < -0.4 is 4.74 Å². The fourth-order valence-corrected chi connectivity index (χ4v) is 2.43. The molecule has 1 aromatic carbocycles. The van der Waals surface area contributed by atoms with Gasteiger partial charge in [0.2, 0.25) is 0 Å². The van der Waals surface area contributed by atoms with E-state index in [0.717, 1.165) is 6.07 Å². The summed E-state index contributed by atoms with van der Waals surface area (Å²) in [5, 5.41) is 9.64. The first-order valence-corrected chi connectivity index (χ1v) is 7.83. The van der Waals surface area contributed by atoms with Crippen molar-refractivity contribution >= 4 is 13.2 Å². The van der Waals surface area contributed by atoms with Crippen LogP contribution in [-0.4, -0.2) is 37.1 Å². The first kappa shape index (κ1) is 19.8. The van der Waals surface area contributed by atoms with E-state index >= 15 is 0 Å². The van der Waals surface area contributed by atoms with E-state index in [2.05, 4.69) is 0 Å². The van der Waals surface area contributed by atoms with Crippen molar-refractivity contribution < 1.29 is 32.3 Å². The number of methoxy groups -OCH3 is 1. The molecule has 2 rings (SSSR count). The number of aliphatic hydroxyl groups excluding tert-OH is 1. The number of alkyl halides is 3. The molecule has 0 aliphatic carbocycles. The van der Waals surface area contributed by atoms with Crippen LogP contribution in [0.3, 0.4) is 0 Å². The summed E-state index contributed by atoms with van der Waals surface area (Å²) in [6.45, 7) is 7.03. The molecule has 138 valence electrons. The molecule has 0 amide bonds. The van der Waals surface area contributed by atoms with Crippen molar-refractivity contribution in [3.05, 3.63) is 34.8 Å². The highest BCUT2D eigenvalue weighted by Crippen LogP contribution is 2.40. The molecule has 0 atom stereocenters. The van der Waals surface area contributed by atoms with Crippen molar-refractivity contribution in [1.29, 1.82) is 0 Å². The summed E-state index contributed by atoms with van der Waals surface area (Å²) in [6.07, 6.45) is -3.10. The zero-order valence-electron chi connectivity index (χ0n) is 14.9. The maximum atomic E-state index is 13.1. The Hall–Kier alpha value is -1.51. The molecule has 1 aromatic rings. The Kier molecular flexibility index (Phi) is 5.28. The second-order valence-corrected chi connectivity index (χ2v) is 6.92. The predicted octanol–water partition coefficient (Wildman–Crippen LogP) is 3.72. The SMILES string of the molecule is COc1ccc(C=C(CO)B2OC(C)(C)C(C)(C)O2)cc1C(F)(F)F. The number of ether oxygens (including phenoxy) is 1. The zero-order valence-corrected chi connectivity index (χ0v) is 14.9. The quantitative estimate of drug-likeness (QED) is 0.834. The highest BCUT2D eigenvalue weighted by atomic mass is 19.4. The van der Waals surface area contributed by atoms with Crippen LogP contribution in [0.25, 0.3) is 6.08 Å². The van der Waals surface area contributed by atoms with E-state index in [4.69, 9.17) is 14.0 Å². The third-order valence-corrected chi connectivity index (χ3v) is 4.62. The van der Waals surface area contributed by atoms with Gasteiger partial charge in [-0.1, -0.05) is 12.1 Å². The van der Waals surface area contributed by atoms with Gasteiger partial charge in [0, 0.05) is 0 Å². The van der Waals surface area contributed by atoms with Gasteiger partial charge in [-0.25, -0.2) is 0 Å². The highest BCUT2D eigenvalue weighted by Gasteiger charge is 2.52. The molecule has 0 radical (unpaired) electrons. The molecule has 1 heterocycles. The second-order valence-electron chi connectivity index (χ2n) is 6.92. The van der Waals surface area contributed by atoms with E-state index in [1.54, 1.807) is 0 Å². The van der Waals surface area contributed by atoms with Crippen molar-refractivity contribution in [3.8, 4) is 5.75 Å². The van der Waals surface area contributed by atoms with E-state index in [0.29, 0.717) is 5.47 Å². The van der Waals surface area contributed by atoms with Crippen molar-refractivity contribution in [2.75, 3.05) is 13.7 Å². The van der Waals surface area contributed by atoms with Crippen molar-refractivity contribution in [3.63, 3.8) is 0 Å². The highest BCUT2D eigenvalue weighted by molar-refractivity contribution is 6.55. The molecule has 0 saturated carbocycles. The van der Waals surface area contributed by atoms with Crippen LogP contribution in [0.5, 0.6) is 5.75 Å². The van der Waals surface area contributed by atoms with E-state index in [1.807, 2.05) is 27.7 Å². The zero-order chi connectivity index (χ0) is 19.0. The minimum absolute atomic E-state index is 0.258. The maximum absolute atomic E-state index is 13.1. The van der Waals surface area contributed by atoms with Gasteiger partial charge in [-0.15, -0.1) is 0 Å². The monoisotopic (exact) mass is 358 g/mol. The molecule has 4 nitrogen and oxygen atoms in total. The molecule has 1 aliphatic rings. The Morgan fingerprint density at radius 1 is 1.20 bits per heavy atom. The normalized spacial score (nSPS) is 20.0. The minimum atomic E-state index is -4.54. The number of halogens is 3. The molecule has 0 spiro atoms. The second kappa shape index (κ2) is 6.66. The van der Waals surface area contributed by atoms with Gasteiger partial charge in [-0.05, 0) is 50.9 Å². The van der Waals surface area contributed by atoms with Gasteiger partial charge >= 0.3 is 13.3 Å². The Morgan fingerprint density at radius 2 is 1.76 bits per heavy atom. The van der Waals surface area contributed by atoms with Crippen LogP contribution >= 0.6 is 0 Å². The third-order valence-electron chi connectivity index (χ3n) is 4.62. The first-order valence-electron chi connectivity index (χ1n) is 7.83. The fourth-order valence-electron chi connectivity index (χ4n) is 2.43. The van der Waals surface area contributed by atoms with Crippen molar-refractivity contribution in [1.82, 2.24) is 0 Å². The molecule has 1 N–H and O–H groups in total. The Bertz CT molecular complexity index is 652. The topological polar surface area (TPSA) is 47.9 Å². The first-order chi connectivity index (χ1) is 11.4. The van der Waals surface area contributed by atoms with Gasteiger partial charge in [0.25, 0.3) is 0 Å². The summed E-state index contributed by atoms with van der Waals surface area (Å²) in [6, 6.07) is 3.70. The molecular formula is C17H22BF3O4. The van der Waals surface area contributed by atoms with Crippen molar-refractivity contribution in [2.24, 2.45) is 0 Å². The molecular weight excluding hydrogens is 336 g/mol.